The lowest BCUT2D eigenvalue weighted by atomic mass is 9.94. The number of ether oxygens (including phenoxy) is 1. The Labute approximate surface area is 188 Å². The number of nitrogens with one attached hydrogen (secondary N) is 1. The number of fused-ring (bicyclic) bond motifs is 1. The van der Waals surface area contributed by atoms with E-state index in [1.807, 2.05) is 25.1 Å². The Hall–Kier alpha value is -4.79. The first-order valence-electron chi connectivity index (χ1n) is 10.1. The normalized spacial score (nSPS) is 10.9. The zero-order valence-electron chi connectivity index (χ0n) is 17.6. The first-order valence-corrected chi connectivity index (χ1v) is 10.1. The second-order valence-electron chi connectivity index (χ2n) is 7.40. The average molecular weight is 437 g/mol. The molecule has 0 aliphatic heterocycles. The van der Waals surface area contributed by atoms with E-state index < -0.39 is 5.91 Å². The van der Waals surface area contributed by atoms with Gasteiger partial charge in [0.15, 0.2) is 5.69 Å². The molecule has 0 atom stereocenters. The smallest absolute Gasteiger partial charge is 0.269 e. The van der Waals surface area contributed by atoms with E-state index in [1.54, 1.807) is 48.8 Å². The molecule has 162 valence electrons. The third-order valence-corrected chi connectivity index (χ3v) is 5.23. The first-order chi connectivity index (χ1) is 16.0. The molecule has 0 saturated heterocycles. The van der Waals surface area contributed by atoms with Crippen molar-refractivity contribution < 1.29 is 9.53 Å². The second kappa shape index (κ2) is 8.04. The molecule has 9 nitrogen and oxygen atoms in total. The van der Waals surface area contributed by atoms with Gasteiger partial charge in [-0.15, -0.1) is 0 Å². The highest BCUT2D eigenvalue weighted by atomic mass is 16.5. The van der Waals surface area contributed by atoms with Crippen LogP contribution in [0.1, 0.15) is 16.1 Å². The maximum absolute atomic E-state index is 12.2. The minimum Gasteiger partial charge on any atom is -0.421 e. The molecule has 1 amide bonds. The number of nitrogens with two attached hydrogens (primary N) is 2. The average Bonchev–Trinajstić information content (AvgIpc) is 3.29. The van der Waals surface area contributed by atoms with Gasteiger partial charge in [0, 0.05) is 29.3 Å². The van der Waals surface area contributed by atoms with E-state index in [0.717, 1.165) is 22.0 Å². The minimum absolute atomic E-state index is 0.0276. The van der Waals surface area contributed by atoms with Gasteiger partial charge >= 0.3 is 0 Å². The molecule has 0 aliphatic carbocycles. The SMILES string of the molecule is Cc1ccc2[nH]ncc2c1-c1cc(-c2cccc(Oc3ccccn3)n2)nc(C(N)=O)c1N. The standard InChI is InChI=1S/C24H19N7O2/c1-13-8-9-16-15(12-28-31-16)21(13)14-11-18(30-23(22(14)25)24(26)32)17-5-4-7-20(29-17)33-19-6-2-3-10-27-19/h2-12H,25H2,1H3,(H2,26,32)(H,28,31). The molecule has 4 heterocycles. The maximum atomic E-state index is 12.2. The lowest BCUT2D eigenvalue weighted by Crippen LogP contribution is -2.17. The van der Waals surface area contributed by atoms with E-state index in [0.29, 0.717) is 28.7 Å². The van der Waals surface area contributed by atoms with Gasteiger partial charge < -0.3 is 16.2 Å². The van der Waals surface area contributed by atoms with Crippen molar-refractivity contribution in [2.75, 3.05) is 5.73 Å². The molecule has 5 aromatic rings. The molecule has 0 unspecified atom stereocenters. The van der Waals surface area contributed by atoms with Gasteiger partial charge in [0.1, 0.15) is 0 Å². The van der Waals surface area contributed by atoms with Crippen LogP contribution in [0.5, 0.6) is 11.8 Å². The van der Waals surface area contributed by atoms with Crippen molar-refractivity contribution in [3.8, 4) is 34.3 Å². The fourth-order valence-corrected chi connectivity index (χ4v) is 3.69. The zero-order chi connectivity index (χ0) is 22.9. The number of carbonyl (C=O) groups excluding carboxylic acids is 1. The van der Waals surface area contributed by atoms with Crippen molar-refractivity contribution in [3.05, 3.63) is 78.2 Å². The van der Waals surface area contributed by atoms with Gasteiger partial charge in [-0.2, -0.15) is 5.10 Å². The Bertz CT molecular complexity index is 1500. The van der Waals surface area contributed by atoms with Gasteiger partial charge in [-0.1, -0.05) is 18.2 Å². The summed E-state index contributed by atoms with van der Waals surface area (Å²) in [5, 5.41) is 7.97. The largest absolute Gasteiger partial charge is 0.421 e. The van der Waals surface area contributed by atoms with E-state index in [4.69, 9.17) is 16.2 Å². The summed E-state index contributed by atoms with van der Waals surface area (Å²) < 4.78 is 5.74. The van der Waals surface area contributed by atoms with Crippen LogP contribution in [0.4, 0.5) is 5.69 Å². The predicted molar refractivity (Wildman–Crippen MR) is 125 cm³/mol. The lowest BCUT2D eigenvalue weighted by molar-refractivity contribution is 0.0996. The van der Waals surface area contributed by atoms with E-state index in [1.165, 1.54) is 0 Å². The third-order valence-electron chi connectivity index (χ3n) is 5.23. The summed E-state index contributed by atoms with van der Waals surface area (Å²) in [5.74, 6) is 0.0156. The number of aromatic amines is 1. The van der Waals surface area contributed by atoms with Crippen LogP contribution >= 0.6 is 0 Å². The van der Waals surface area contributed by atoms with Crippen LogP contribution in [0.25, 0.3) is 33.4 Å². The van der Waals surface area contributed by atoms with Crippen LogP contribution in [0.15, 0.2) is 67.0 Å². The van der Waals surface area contributed by atoms with Gasteiger partial charge in [0.25, 0.3) is 5.91 Å². The summed E-state index contributed by atoms with van der Waals surface area (Å²) >= 11 is 0. The van der Waals surface area contributed by atoms with Crippen molar-refractivity contribution in [2.45, 2.75) is 6.92 Å². The molecule has 0 bridgehead atoms. The van der Waals surface area contributed by atoms with Gasteiger partial charge in [0.2, 0.25) is 11.8 Å². The van der Waals surface area contributed by atoms with Crippen LogP contribution in [0.3, 0.4) is 0 Å². The Morgan fingerprint density at radius 3 is 2.64 bits per heavy atom. The molecule has 0 radical (unpaired) electrons. The summed E-state index contributed by atoms with van der Waals surface area (Å²) in [6.07, 6.45) is 3.35. The van der Waals surface area contributed by atoms with Crippen LogP contribution in [0.2, 0.25) is 0 Å². The Balaban J connectivity index is 1.68. The van der Waals surface area contributed by atoms with E-state index in [9.17, 15) is 4.79 Å². The fourth-order valence-electron chi connectivity index (χ4n) is 3.69. The van der Waals surface area contributed by atoms with Crippen molar-refractivity contribution in [1.82, 2.24) is 25.1 Å². The summed E-state index contributed by atoms with van der Waals surface area (Å²) in [7, 11) is 0. The molecule has 33 heavy (non-hydrogen) atoms. The van der Waals surface area contributed by atoms with Gasteiger partial charge in [-0.25, -0.2) is 15.0 Å². The highest BCUT2D eigenvalue weighted by molar-refractivity contribution is 6.05. The number of anilines is 1. The number of carbonyl (C=O) groups is 1. The third kappa shape index (κ3) is 3.72. The maximum Gasteiger partial charge on any atom is 0.269 e. The lowest BCUT2D eigenvalue weighted by Gasteiger charge is -2.15. The number of nitrogen functional groups attached to an aromatic ring is 1. The highest BCUT2D eigenvalue weighted by Gasteiger charge is 2.20. The summed E-state index contributed by atoms with van der Waals surface area (Å²) in [6, 6.07) is 16.3. The summed E-state index contributed by atoms with van der Waals surface area (Å²) in [6.45, 7) is 1.96. The van der Waals surface area contributed by atoms with Crippen molar-refractivity contribution >= 4 is 22.5 Å². The van der Waals surface area contributed by atoms with Crippen LogP contribution in [0, 0.1) is 6.92 Å². The number of aromatic nitrogens is 5. The van der Waals surface area contributed by atoms with Crippen LogP contribution in [-0.2, 0) is 0 Å². The van der Waals surface area contributed by atoms with Gasteiger partial charge in [-0.05, 0) is 42.3 Å². The quantitative estimate of drug-likeness (QED) is 0.378. The molecule has 1 aromatic carbocycles. The minimum atomic E-state index is -0.728. The number of primary amides is 1. The Kier molecular flexibility index (Phi) is 4.91. The monoisotopic (exact) mass is 437 g/mol. The molecule has 9 heteroatoms. The Morgan fingerprint density at radius 1 is 1.00 bits per heavy atom. The summed E-state index contributed by atoms with van der Waals surface area (Å²) in [4.78, 5) is 25.3. The number of hydrogen-bond donors (Lipinski definition) is 3. The molecule has 0 saturated carbocycles. The number of nitrogens with zero attached hydrogens (tertiary/aromatic N) is 4. The molecular formula is C24H19N7O2. The summed E-state index contributed by atoms with van der Waals surface area (Å²) in [5.41, 5.74) is 16.4. The molecule has 4 aromatic heterocycles. The van der Waals surface area contributed by atoms with E-state index in [2.05, 4.69) is 25.1 Å². The molecular weight excluding hydrogens is 418 g/mol. The van der Waals surface area contributed by atoms with Crippen molar-refractivity contribution in [3.63, 3.8) is 0 Å². The van der Waals surface area contributed by atoms with E-state index in [-0.39, 0.29) is 11.4 Å². The zero-order valence-corrected chi connectivity index (χ0v) is 17.6. The molecule has 0 fully saturated rings. The predicted octanol–water partition coefficient (Wildman–Crippen LogP) is 3.86. The number of aryl methyl sites for hydroxylation is 1. The van der Waals surface area contributed by atoms with Crippen LogP contribution in [-0.4, -0.2) is 31.1 Å². The number of hydrogen-bond acceptors (Lipinski definition) is 7. The molecule has 5 rings (SSSR count). The topological polar surface area (TPSA) is 146 Å². The fraction of sp³-hybridized carbons (Fsp3) is 0.0417. The molecule has 0 aliphatic rings. The number of pyridine rings is 3. The van der Waals surface area contributed by atoms with Crippen molar-refractivity contribution in [2.24, 2.45) is 5.73 Å². The number of rotatable bonds is 5. The number of amides is 1. The van der Waals surface area contributed by atoms with E-state index >= 15 is 0 Å². The highest BCUT2D eigenvalue weighted by Crippen LogP contribution is 2.38. The van der Waals surface area contributed by atoms with Gasteiger partial charge in [-0.3, -0.25) is 9.89 Å². The molecule has 0 spiro atoms. The Morgan fingerprint density at radius 2 is 1.85 bits per heavy atom. The van der Waals surface area contributed by atoms with Crippen molar-refractivity contribution in [1.29, 1.82) is 0 Å². The van der Waals surface area contributed by atoms with Crippen LogP contribution < -0.4 is 16.2 Å². The first kappa shape index (κ1) is 20.1. The molecule has 5 N–H and O–H groups in total. The number of benzene rings is 1. The second-order valence-corrected chi connectivity index (χ2v) is 7.40. The van der Waals surface area contributed by atoms with Gasteiger partial charge in [0.05, 0.1) is 28.8 Å². The number of H-pyrrole nitrogens is 1.